The van der Waals surface area contributed by atoms with Crippen LogP contribution in [0.1, 0.15) is 47.5 Å². The lowest BCUT2D eigenvalue weighted by Gasteiger charge is -2.02. The van der Waals surface area contributed by atoms with E-state index in [1.807, 2.05) is 19.9 Å². The highest BCUT2D eigenvalue weighted by Crippen LogP contribution is 2.05. The number of esters is 1. The normalized spacial score (nSPS) is 9.00. The first-order valence-corrected chi connectivity index (χ1v) is 6.36. The number of carbonyl (C=O) groups is 1. The summed E-state index contributed by atoms with van der Waals surface area (Å²) < 4.78 is 4.66. The second kappa shape index (κ2) is 12.2. The van der Waals surface area contributed by atoms with Crippen LogP contribution in [0.25, 0.3) is 0 Å². The molecule has 104 valence electrons. The Labute approximate surface area is 112 Å². The molecule has 0 aromatic carbocycles. The van der Waals surface area contributed by atoms with Gasteiger partial charge >= 0.3 is 5.97 Å². The molecule has 0 fully saturated rings. The lowest BCUT2D eigenvalue weighted by atomic mass is 10.1. The highest BCUT2D eigenvalue weighted by molar-refractivity contribution is 5.65. The summed E-state index contributed by atoms with van der Waals surface area (Å²) in [6, 6.07) is 0. The Hall–Kier alpha value is -1.31. The molecule has 0 amide bonds. The van der Waals surface area contributed by atoms with Gasteiger partial charge in [0, 0.05) is 6.92 Å². The van der Waals surface area contributed by atoms with E-state index in [0.29, 0.717) is 12.5 Å². The minimum Gasteiger partial charge on any atom is -0.466 e. The maximum Gasteiger partial charge on any atom is 0.302 e. The number of carbonyl (C=O) groups excluding carboxylic acids is 1. The van der Waals surface area contributed by atoms with E-state index in [2.05, 4.69) is 37.8 Å². The summed E-state index contributed by atoms with van der Waals surface area (Å²) in [6.07, 6.45) is 6.16. The smallest absolute Gasteiger partial charge is 0.302 e. The molecule has 0 aromatic heterocycles. The van der Waals surface area contributed by atoms with Crippen LogP contribution in [0.3, 0.4) is 0 Å². The third-order valence-corrected chi connectivity index (χ3v) is 1.93. The molecule has 0 aliphatic rings. The zero-order chi connectivity index (χ0) is 14.6. The van der Waals surface area contributed by atoms with Crippen molar-refractivity contribution in [2.45, 2.75) is 47.5 Å². The Morgan fingerprint density at radius 1 is 1.28 bits per heavy atom. The van der Waals surface area contributed by atoms with E-state index in [0.717, 1.165) is 18.4 Å². The van der Waals surface area contributed by atoms with E-state index in [1.165, 1.54) is 12.5 Å². The molecule has 0 aromatic rings. The van der Waals surface area contributed by atoms with Crippen molar-refractivity contribution in [2.75, 3.05) is 6.61 Å². The van der Waals surface area contributed by atoms with Crippen LogP contribution in [0.5, 0.6) is 0 Å². The number of ether oxygens (including phenoxy) is 1. The van der Waals surface area contributed by atoms with Gasteiger partial charge in [-0.1, -0.05) is 50.3 Å². The lowest BCUT2D eigenvalue weighted by Crippen LogP contribution is -2.05. The first-order valence-electron chi connectivity index (χ1n) is 6.36. The summed E-state index contributed by atoms with van der Waals surface area (Å²) in [6.45, 7) is 17.6. The molecule has 2 nitrogen and oxygen atoms in total. The molecular weight excluding hydrogens is 224 g/mol. The first kappa shape index (κ1) is 19.0. The van der Waals surface area contributed by atoms with E-state index >= 15 is 0 Å². The second-order valence-electron chi connectivity index (χ2n) is 4.88. The molecule has 0 saturated carbocycles. The van der Waals surface area contributed by atoms with Crippen molar-refractivity contribution < 1.29 is 9.53 Å². The minimum atomic E-state index is -0.196. The van der Waals surface area contributed by atoms with E-state index in [9.17, 15) is 4.79 Å². The monoisotopic (exact) mass is 252 g/mol. The van der Waals surface area contributed by atoms with Gasteiger partial charge in [-0.2, -0.15) is 0 Å². The van der Waals surface area contributed by atoms with Crippen molar-refractivity contribution in [3.8, 4) is 0 Å². The van der Waals surface area contributed by atoms with Gasteiger partial charge in [0.15, 0.2) is 0 Å². The van der Waals surface area contributed by atoms with Crippen molar-refractivity contribution in [1.82, 2.24) is 0 Å². The van der Waals surface area contributed by atoms with Crippen LogP contribution >= 0.6 is 0 Å². The third-order valence-electron chi connectivity index (χ3n) is 1.93. The van der Waals surface area contributed by atoms with Gasteiger partial charge in [0.1, 0.15) is 0 Å². The first-order chi connectivity index (χ1) is 8.29. The highest BCUT2D eigenvalue weighted by Gasteiger charge is 1.94. The summed E-state index contributed by atoms with van der Waals surface area (Å²) in [7, 11) is 0. The summed E-state index contributed by atoms with van der Waals surface area (Å²) in [4.78, 5) is 10.1. The molecule has 0 rings (SSSR count). The van der Waals surface area contributed by atoms with Crippen LogP contribution in [-0.4, -0.2) is 12.6 Å². The van der Waals surface area contributed by atoms with Crippen molar-refractivity contribution in [3.63, 3.8) is 0 Å². The summed E-state index contributed by atoms with van der Waals surface area (Å²) in [5.41, 5.74) is 2.49. The Morgan fingerprint density at radius 3 is 2.11 bits per heavy atom. The van der Waals surface area contributed by atoms with Crippen LogP contribution in [0.2, 0.25) is 0 Å². The van der Waals surface area contributed by atoms with E-state index in [4.69, 9.17) is 0 Å². The maximum absolute atomic E-state index is 10.1. The van der Waals surface area contributed by atoms with Crippen molar-refractivity contribution >= 4 is 5.97 Å². The van der Waals surface area contributed by atoms with Gasteiger partial charge in [0.25, 0.3) is 0 Å². The maximum atomic E-state index is 10.1. The highest BCUT2D eigenvalue weighted by atomic mass is 16.5. The minimum absolute atomic E-state index is 0.196. The van der Waals surface area contributed by atoms with Gasteiger partial charge < -0.3 is 4.74 Å². The van der Waals surface area contributed by atoms with Crippen LogP contribution < -0.4 is 0 Å². The van der Waals surface area contributed by atoms with E-state index in [-0.39, 0.29) is 5.97 Å². The van der Waals surface area contributed by atoms with Gasteiger partial charge in [0.2, 0.25) is 0 Å². The predicted octanol–water partition coefficient (Wildman–Crippen LogP) is 4.68. The molecule has 18 heavy (non-hydrogen) atoms. The molecule has 0 bridgehead atoms. The Morgan fingerprint density at radius 2 is 1.83 bits per heavy atom. The number of hydrogen-bond donors (Lipinski definition) is 0. The SMILES string of the molecule is C=CC(=C)CCC=C(C)C.CC(=O)OCC(C)C. The van der Waals surface area contributed by atoms with Gasteiger partial charge in [-0.25, -0.2) is 0 Å². The molecule has 0 aliphatic carbocycles. The largest absolute Gasteiger partial charge is 0.466 e. The fraction of sp³-hybridized carbons (Fsp3) is 0.562. The van der Waals surface area contributed by atoms with E-state index in [1.54, 1.807) is 0 Å². The molecule has 0 radical (unpaired) electrons. The van der Waals surface area contributed by atoms with Crippen LogP contribution in [0.15, 0.2) is 36.5 Å². The van der Waals surface area contributed by atoms with Gasteiger partial charge in [0.05, 0.1) is 6.61 Å². The average molecular weight is 252 g/mol. The van der Waals surface area contributed by atoms with Crippen molar-refractivity contribution in [2.24, 2.45) is 5.92 Å². The van der Waals surface area contributed by atoms with E-state index < -0.39 is 0 Å². The molecule has 0 unspecified atom stereocenters. The van der Waals surface area contributed by atoms with Crippen LogP contribution in [0, 0.1) is 5.92 Å². The molecule has 0 saturated heterocycles. The van der Waals surface area contributed by atoms with Crippen LogP contribution in [0.4, 0.5) is 0 Å². The summed E-state index contributed by atoms with van der Waals surface area (Å²) in [5, 5.41) is 0. The average Bonchev–Trinajstić information content (AvgIpc) is 2.26. The van der Waals surface area contributed by atoms with Gasteiger partial charge in [-0.05, 0) is 32.6 Å². The Balaban J connectivity index is 0. The van der Waals surface area contributed by atoms with Crippen LogP contribution in [-0.2, 0) is 9.53 Å². The summed E-state index contributed by atoms with van der Waals surface area (Å²) in [5.74, 6) is 0.248. The molecule has 0 atom stereocenters. The number of allylic oxidation sites excluding steroid dienone is 4. The molecule has 0 heterocycles. The molecule has 2 heteroatoms. The molecule has 0 N–H and O–H groups in total. The third kappa shape index (κ3) is 20.1. The Bertz CT molecular complexity index is 281. The van der Waals surface area contributed by atoms with Crippen molar-refractivity contribution in [1.29, 1.82) is 0 Å². The molecule has 0 spiro atoms. The molecular formula is C16H28O2. The quantitative estimate of drug-likeness (QED) is 0.390. The Kier molecular flexibility index (Phi) is 12.9. The van der Waals surface area contributed by atoms with Gasteiger partial charge in [-0.15, -0.1) is 0 Å². The standard InChI is InChI=1S/C10H16.C6H12O2/c1-5-10(4)8-6-7-9(2)3;1-5(2)4-8-6(3)7/h5,7H,1,4,6,8H2,2-3H3;5H,4H2,1-3H3. The second-order valence-corrected chi connectivity index (χ2v) is 4.88. The molecule has 0 aliphatic heterocycles. The topological polar surface area (TPSA) is 26.3 Å². The predicted molar refractivity (Wildman–Crippen MR) is 79.5 cm³/mol. The summed E-state index contributed by atoms with van der Waals surface area (Å²) >= 11 is 0. The zero-order valence-electron chi connectivity index (χ0n) is 12.6. The van der Waals surface area contributed by atoms with Crippen molar-refractivity contribution in [3.05, 3.63) is 36.5 Å². The number of rotatable bonds is 6. The van der Waals surface area contributed by atoms with Gasteiger partial charge in [-0.3, -0.25) is 4.79 Å². The lowest BCUT2D eigenvalue weighted by molar-refractivity contribution is -0.141. The fourth-order valence-electron chi connectivity index (χ4n) is 0.932. The zero-order valence-corrected chi connectivity index (χ0v) is 12.6. The fourth-order valence-corrected chi connectivity index (χ4v) is 0.932. The number of hydrogen-bond acceptors (Lipinski definition) is 2.